The van der Waals surface area contributed by atoms with E-state index in [0.717, 1.165) is 16.3 Å². The number of hydrogen-bond donors (Lipinski definition) is 1. The van der Waals surface area contributed by atoms with Crippen LogP contribution in [0.15, 0.2) is 30.7 Å². The van der Waals surface area contributed by atoms with Gasteiger partial charge in [0.25, 0.3) is 0 Å². The minimum Gasteiger partial charge on any atom is -0.474 e. The molecule has 0 aliphatic heterocycles. The summed E-state index contributed by atoms with van der Waals surface area (Å²) in [5.41, 5.74) is 1.77. The van der Waals surface area contributed by atoms with Crippen molar-refractivity contribution in [1.29, 1.82) is 0 Å². The molecule has 0 aliphatic rings. The Hall–Kier alpha value is -1.15. The van der Waals surface area contributed by atoms with E-state index in [4.69, 9.17) is 16.3 Å². The van der Waals surface area contributed by atoms with Crippen LogP contribution in [0.4, 0.5) is 5.69 Å². The molecule has 1 aromatic rings. The maximum atomic E-state index is 5.88. The van der Waals surface area contributed by atoms with Crippen molar-refractivity contribution in [2.75, 3.05) is 5.32 Å². The lowest BCUT2D eigenvalue weighted by Gasteiger charge is -2.23. The number of halogens is 1. The van der Waals surface area contributed by atoms with Gasteiger partial charge in [-0.05, 0) is 58.0 Å². The fourth-order valence-corrected chi connectivity index (χ4v) is 1.54. The van der Waals surface area contributed by atoms with E-state index in [2.05, 4.69) is 11.9 Å². The molecule has 0 radical (unpaired) electrons. The molecule has 1 aromatic carbocycles. The zero-order chi connectivity index (χ0) is 12.3. The highest BCUT2D eigenvalue weighted by atomic mass is 35.5. The second-order valence-corrected chi connectivity index (χ2v) is 5.16. The molecular formula is C13H18ClNO. The summed E-state index contributed by atoms with van der Waals surface area (Å²) in [7, 11) is 0. The molecule has 3 heteroatoms. The van der Waals surface area contributed by atoms with Gasteiger partial charge in [0.2, 0.25) is 0 Å². The summed E-state index contributed by atoms with van der Waals surface area (Å²) in [4.78, 5) is 0. The van der Waals surface area contributed by atoms with E-state index in [9.17, 15) is 0 Å². The second kappa shape index (κ2) is 4.79. The van der Waals surface area contributed by atoms with Crippen LogP contribution in [-0.4, -0.2) is 5.60 Å². The molecule has 0 fully saturated rings. The maximum Gasteiger partial charge on any atom is 0.184 e. The molecule has 0 heterocycles. The molecule has 0 aliphatic carbocycles. The predicted octanol–water partition coefficient (Wildman–Crippen LogP) is 4.35. The number of ether oxygens (including phenoxy) is 1. The average molecular weight is 240 g/mol. The summed E-state index contributed by atoms with van der Waals surface area (Å²) in [6.07, 6.45) is 0. The lowest BCUT2D eigenvalue weighted by molar-refractivity contribution is 0.0565. The van der Waals surface area contributed by atoms with Gasteiger partial charge in [0.05, 0.1) is 0 Å². The van der Waals surface area contributed by atoms with E-state index in [1.807, 2.05) is 45.9 Å². The molecule has 16 heavy (non-hydrogen) atoms. The molecule has 0 unspecified atom stereocenters. The molecule has 2 nitrogen and oxygen atoms in total. The molecule has 0 bridgehead atoms. The van der Waals surface area contributed by atoms with Gasteiger partial charge >= 0.3 is 0 Å². The molecule has 0 atom stereocenters. The molecule has 0 saturated heterocycles. The van der Waals surface area contributed by atoms with Gasteiger partial charge in [0.15, 0.2) is 5.88 Å². The Balaban J connectivity index is 2.70. The maximum absolute atomic E-state index is 5.88. The zero-order valence-corrected chi connectivity index (χ0v) is 11.0. The summed E-state index contributed by atoms with van der Waals surface area (Å²) in [5.74, 6) is 0.540. The molecule has 88 valence electrons. The third-order valence-corrected chi connectivity index (χ3v) is 2.13. The van der Waals surface area contributed by atoms with Gasteiger partial charge in [-0.3, -0.25) is 0 Å². The smallest absolute Gasteiger partial charge is 0.184 e. The van der Waals surface area contributed by atoms with E-state index >= 15 is 0 Å². The predicted molar refractivity (Wildman–Crippen MR) is 69.8 cm³/mol. The summed E-state index contributed by atoms with van der Waals surface area (Å²) < 4.78 is 5.59. The van der Waals surface area contributed by atoms with Gasteiger partial charge in [-0.2, -0.15) is 0 Å². The number of hydrogen-bond acceptors (Lipinski definition) is 2. The molecule has 0 amide bonds. The Bertz CT molecular complexity index is 393. The minimum atomic E-state index is -0.246. The first-order valence-corrected chi connectivity index (χ1v) is 5.57. The average Bonchev–Trinajstić information content (AvgIpc) is 2.06. The standard InChI is InChI=1S/C13H18ClNO/c1-9-8-11(14)6-7-12(9)15-10(2)16-13(3,4)5/h6-8,15H,2H2,1,3-5H3. The normalized spacial score (nSPS) is 11.1. The van der Waals surface area contributed by atoms with Crippen LogP contribution in [0.5, 0.6) is 0 Å². The van der Waals surface area contributed by atoms with Crippen molar-refractivity contribution in [3.63, 3.8) is 0 Å². The summed E-state index contributed by atoms with van der Waals surface area (Å²) in [6.45, 7) is 11.8. The largest absolute Gasteiger partial charge is 0.474 e. The molecular weight excluding hydrogens is 222 g/mol. The van der Waals surface area contributed by atoms with Crippen molar-refractivity contribution >= 4 is 17.3 Å². The lowest BCUT2D eigenvalue weighted by Crippen LogP contribution is -2.21. The lowest BCUT2D eigenvalue weighted by atomic mass is 10.2. The van der Waals surface area contributed by atoms with Crippen molar-refractivity contribution in [3.05, 3.63) is 41.2 Å². The van der Waals surface area contributed by atoms with Gasteiger partial charge in [0, 0.05) is 10.7 Å². The Kier molecular flexibility index (Phi) is 3.87. The fraction of sp³-hybridized carbons (Fsp3) is 0.385. The topological polar surface area (TPSA) is 21.3 Å². The van der Waals surface area contributed by atoms with Gasteiger partial charge in [-0.25, -0.2) is 0 Å². The van der Waals surface area contributed by atoms with Crippen LogP contribution < -0.4 is 5.32 Å². The van der Waals surface area contributed by atoms with E-state index in [-0.39, 0.29) is 5.60 Å². The number of rotatable bonds is 3. The van der Waals surface area contributed by atoms with Crippen LogP contribution in [0.1, 0.15) is 26.3 Å². The molecule has 1 rings (SSSR count). The molecule has 0 aromatic heterocycles. The van der Waals surface area contributed by atoms with Gasteiger partial charge < -0.3 is 10.1 Å². The third-order valence-electron chi connectivity index (χ3n) is 1.89. The number of anilines is 1. The molecule has 0 spiro atoms. The van der Waals surface area contributed by atoms with Crippen molar-refractivity contribution in [1.82, 2.24) is 0 Å². The summed E-state index contributed by atoms with van der Waals surface area (Å²) in [5, 5.41) is 3.85. The Morgan fingerprint density at radius 2 is 2.00 bits per heavy atom. The quantitative estimate of drug-likeness (QED) is 0.792. The first-order valence-electron chi connectivity index (χ1n) is 5.19. The van der Waals surface area contributed by atoms with Crippen molar-refractivity contribution in [3.8, 4) is 0 Å². The van der Waals surface area contributed by atoms with Crippen LogP contribution in [0.2, 0.25) is 5.02 Å². The molecule has 0 saturated carbocycles. The Morgan fingerprint density at radius 3 is 2.50 bits per heavy atom. The first-order chi connectivity index (χ1) is 7.28. The van der Waals surface area contributed by atoms with E-state index in [0.29, 0.717) is 5.88 Å². The Morgan fingerprint density at radius 1 is 1.38 bits per heavy atom. The van der Waals surface area contributed by atoms with Gasteiger partial charge in [0.1, 0.15) is 5.60 Å². The summed E-state index contributed by atoms with van der Waals surface area (Å²) in [6, 6.07) is 5.64. The second-order valence-electron chi connectivity index (χ2n) is 4.72. The van der Waals surface area contributed by atoms with Crippen molar-refractivity contribution in [2.45, 2.75) is 33.3 Å². The highest BCUT2D eigenvalue weighted by Gasteiger charge is 2.12. The SMILES string of the molecule is C=C(Nc1ccc(Cl)cc1C)OC(C)(C)C. The zero-order valence-electron chi connectivity index (χ0n) is 10.2. The van der Waals surface area contributed by atoms with Crippen LogP contribution in [-0.2, 0) is 4.74 Å². The van der Waals surface area contributed by atoms with Crippen LogP contribution in [0.25, 0.3) is 0 Å². The molecule has 1 N–H and O–H groups in total. The third kappa shape index (κ3) is 4.15. The summed E-state index contributed by atoms with van der Waals surface area (Å²) >= 11 is 5.88. The van der Waals surface area contributed by atoms with Crippen molar-refractivity contribution < 1.29 is 4.74 Å². The van der Waals surface area contributed by atoms with Crippen LogP contribution in [0, 0.1) is 6.92 Å². The Labute approximate surface area is 102 Å². The van der Waals surface area contributed by atoms with Crippen molar-refractivity contribution in [2.24, 2.45) is 0 Å². The van der Waals surface area contributed by atoms with Gasteiger partial charge in [-0.15, -0.1) is 0 Å². The minimum absolute atomic E-state index is 0.246. The monoisotopic (exact) mass is 239 g/mol. The number of aryl methyl sites for hydroxylation is 1. The van der Waals surface area contributed by atoms with Crippen LogP contribution in [0.3, 0.4) is 0 Å². The number of nitrogens with one attached hydrogen (secondary N) is 1. The van der Waals surface area contributed by atoms with Gasteiger partial charge in [-0.1, -0.05) is 11.6 Å². The van der Waals surface area contributed by atoms with E-state index in [1.54, 1.807) is 0 Å². The highest BCUT2D eigenvalue weighted by Crippen LogP contribution is 2.22. The van der Waals surface area contributed by atoms with E-state index in [1.165, 1.54) is 0 Å². The fourth-order valence-electron chi connectivity index (χ4n) is 1.31. The first kappa shape index (κ1) is 12.9. The van der Waals surface area contributed by atoms with Crippen LogP contribution >= 0.6 is 11.6 Å². The number of benzene rings is 1. The van der Waals surface area contributed by atoms with E-state index < -0.39 is 0 Å². The highest BCUT2D eigenvalue weighted by molar-refractivity contribution is 6.30.